The Kier molecular flexibility index (Phi) is 6.44. The van der Waals surface area contributed by atoms with Gasteiger partial charge in [-0.15, -0.1) is 0 Å². The quantitative estimate of drug-likeness (QED) is 0.749. The van der Waals surface area contributed by atoms with Crippen LogP contribution in [0.15, 0.2) is 24.3 Å². The van der Waals surface area contributed by atoms with Gasteiger partial charge in [-0.2, -0.15) is 0 Å². The van der Waals surface area contributed by atoms with Crippen molar-refractivity contribution < 1.29 is 4.79 Å². The number of nitrogens with zero attached hydrogens (tertiary/aromatic N) is 1. The summed E-state index contributed by atoms with van der Waals surface area (Å²) < 4.78 is 0. The fourth-order valence-electron chi connectivity index (χ4n) is 1.93. The van der Waals surface area contributed by atoms with Crippen LogP contribution in [0.3, 0.4) is 0 Å². The van der Waals surface area contributed by atoms with Crippen molar-refractivity contribution in [3.63, 3.8) is 0 Å². The molecule has 3 heteroatoms. The monoisotopic (exact) mass is 248 g/mol. The van der Waals surface area contributed by atoms with Crippen LogP contribution in [0.5, 0.6) is 0 Å². The van der Waals surface area contributed by atoms with Crippen molar-refractivity contribution in [2.24, 2.45) is 0 Å². The van der Waals surface area contributed by atoms with Crippen LogP contribution in [0, 0.1) is 6.92 Å². The second-order valence-corrected chi connectivity index (χ2v) is 4.76. The number of carbonyl (C=O) groups excluding carboxylic acids is 1. The van der Waals surface area contributed by atoms with E-state index in [4.69, 9.17) is 0 Å². The molecule has 0 aliphatic heterocycles. The number of rotatable bonds is 7. The van der Waals surface area contributed by atoms with E-state index in [1.807, 2.05) is 25.1 Å². The van der Waals surface area contributed by atoms with Crippen LogP contribution >= 0.6 is 0 Å². The van der Waals surface area contributed by atoms with Crippen molar-refractivity contribution in [2.75, 3.05) is 27.2 Å². The minimum Gasteiger partial charge on any atom is -0.346 e. The first-order valence-electron chi connectivity index (χ1n) is 6.57. The summed E-state index contributed by atoms with van der Waals surface area (Å²) in [5, 5.41) is 3.09. The standard InChI is InChI=1S/C15H24N2O/c1-13-6-4-7-14(12-13)8-9-15(18)17(3)11-5-10-16-2/h4,6-7,12,16H,5,8-11H2,1-3H3. The predicted molar refractivity (Wildman–Crippen MR) is 75.7 cm³/mol. The van der Waals surface area contributed by atoms with Crippen molar-refractivity contribution >= 4 is 5.91 Å². The number of hydrogen-bond donors (Lipinski definition) is 1. The van der Waals surface area contributed by atoms with Gasteiger partial charge in [-0.1, -0.05) is 29.8 Å². The number of carbonyl (C=O) groups is 1. The maximum absolute atomic E-state index is 11.9. The third kappa shape index (κ3) is 5.32. The van der Waals surface area contributed by atoms with E-state index in [-0.39, 0.29) is 5.91 Å². The van der Waals surface area contributed by atoms with Gasteiger partial charge in [0.2, 0.25) is 5.91 Å². The van der Waals surface area contributed by atoms with E-state index in [1.54, 1.807) is 0 Å². The summed E-state index contributed by atoms with van der Waals surface area (Å²) in [5.41, 5.74) is 2.49. The van der Waals surface area contributed by atoms with Crippen LogP contribution in [0.1, 0.15) is 24.0 Å². The number of amides is 1. The molecular formula is C15H24N2O. The molecule has 0 heterocycles. The van der Waals surface area contributed by atoms with Crippen molar-refractivity contribution in [1.82, 2.24) is 10.2 Å². The second-order valence-electron chi connectivity index (χ2n) is 4.76. The Morgan fingerprint density at radius 2 is 2.17 bits per heavy atom. The molecule has 0 radical (unpaired) electrons. The third-order valence-electron chi connectivity index (χ3n) is 3.06. The highest BCUT2D eigenvalue weighted by atomic mass is 16.2. The first-order valence-corrected chi connectivity index (χ1v) is 6.57. The number of hydrogen-bond acceptors (Lipinski definition) is 2. The Bertz CT molecular complexity index is 377. The minimum atomic E-state index is 0.229. The van der Waals surface area contributed by atoms with Gasteiger partial charge in [-0.05, 0) is 38.9 Å². The zero-order chi connectivity index (χ0) is 13.4. The summed E-state index contributed by atoms with van der Waals surface area (Å²) in [4.78, 5) is 13.7. The molecule has 1 aromatic rings. The fraction of sp³-hybridized carbons (Fsp3) is 0.533. The average molecular weight is 248 g/mol. The topological polar surface area (TPSA) is 32.3 Å². The third-order valence-corrected chi connectivity index (χ3v) is 3.06. The van der Waals surface area contributed by atoms with Gasteiger partial charge < -0.3 is 10.2 Å². The maximum atomic E-state index is 11.9. The van der Waals surface area contributed by atoms with E-state index in [1.165, 1.54) is 11.1 Å². The molecule has 0 bridgehead atoms. The number of aryl methyl sites for hydroxylation is 2. The molecule has 3 nitrogen and oxygen atoms in total. The molecule has 0 unspecified atom stereocenters. The van der Waals surface area contributed by atoms with Crippen LogP contribution in [-0.2, 0) is 11.2 Å². The van der Waals surface area contributed by atoms with Crippen molar-refractivity contribution in [2.45, 2.75) is 26.2 Å². The van der Waals surface area contributed by atoms with Gasteiger partial charge >= 0.3 is 0 Å². The lowest BCUT2D eigenvalue weighted by Gasteiger charge is -2.17. The van der Waals surface area contributed by atoms with E-state index < -0.39 is 0 Å². The smallest absolute Gasteiger partial charge is 0.222 e. The normalized spacial score (nSPS) is 10.4. The molecule has 0 spiro atoms. The molecule has 0 atom stereocenters. The Morgan fingerprint density at radius 3 is 2.83 bits per heavy atom. The van der Waals surface area contributed by atoms with Gasteiger partial charge in [0.15, 0.2) is 0 Å². The summed E-state index contributed by atoms with van der Waals surface area (Å²) in [6.07, 6.45) is 2.43. The zero-order valence-corrected chi connectivity index (χ0v) is 11.7. The van der Waals surface area contributed by atoms with Crippen molar-refractivity contribution in [1.29, 1.82) is 0 Å². The molecule has 100 valence electrons. The lowest BCUT2D eigenvalue weighted by atomic mass is 10.1. The van der Waals surface area contributed by atoms with Crippen LogP contribution in [-0.4, -0.2) is 38.0 Å². The molecule has 1 rings (SSSR count). The summed E-state index contributed by atoms with van der Waals surface area (Å²) >= 11 is 0. The largest absolute Gasteiger partial charge is 0.346 e. The lowest BCUT2D eigenvalue weighted by molar-refractivity contribution is -0.129. The Balaban J connectivity index is 2.32. The SMILES string of the molecule is CNCCCN(C)C(=O)CCc1cccc(C)c1. The Labute approximate surface area is 110 Å². The highest BCUT2D eigenvalue weighted by molar-refractivity contribution is 5.76. The molecule has 0 saturated heterocycles. The Hall–Kier alpha value is -1.35. The summed E-state index contributed by atoms with van der Waals surface area (Å²) in [6, 6.07) is 8.36. The van der Waals surface area contributed by atoms with Crippen molar-refractivity contribution in [3.8, 4) is 0 Å². The van der Waals surface area contributed by atoms with Gasteiger partial charge in [0.25, 0.3) is 0 Å². The zero-order valence-electron chi connectivity index (χ0n) is 11.7. The van der Waals surface area contributed by atoms with Gasteiger partial charge in [0.1, 0.15) is 0 Å². The summed E-state index contributed by atoms with van der Waals surface area (Å²) in [6.45, 7) is 3.86. The molecule has 1 aromatic carbocycles. The highest BCUT2D eigenvalue weighted by Gasteiger charge is 2.08. The minimum absolute atomic E-state index is 0.229. The van der Waals surface area contributed by atoms with Gasteiger partial charge in [-0.25, -0.2) is 0 Å². The molecule has 1 amide bonds. The van der Waals surface area contributed by atoms with Crippen LogP contribution in [0.25, 0.3) is 0 Å². The van der Waals surface area contributed by atoms with Crippen LogP contribution < -0.4 is 5.32 Å². The van der Waals surface area contributed by atoms with E-state index in [0.29, 0.717) is 6.42 Å². The highest BCUT2D eigenvalue weighted by Crippen LogP contribution is 2.07. The molecule has 0 aliphatic rings. The average Bonchev–Trinajstić information content (AvgIpc) is 2.36. The molecule has 1 N–H and O–H groups in total. The molecule has 18 heavy (non-hydrogen) atoms. The van der Waals surface area contributed by atoms with E-state index in [0.717, 1.165) is 25.9 Å². The number of nitrogens with one attached hydrogen (secondary N) is 1. The number of benzene rings is 1. The lowest BCUT2D eigenvalue weighted by Crippen LogP contribution is -2.29. The Morgan fingerprint density at radius 1 is 1.39 bits per heavy atom. The molecule has 0 fully saturated rings. The second kappa shape index (κ2) is 7.88. The molecule has 0 saturated carbocycles. The predicted octanol–water partition coefficient (Wildman–Crippen LogP) is 2.00. The summed E-state index contributed by atoms with van der Waals surface area (Å²) in [7, 11) is 3.81. The van der Waals surface area contributed by atoms with E-state index >= 15 is 0 Å². The van der Waals surface area contributed by atoms with Crippen LogP contribution in [0.2, 0.25) is 0 Å². The first kappa shape index (κ1) is 14.7. The van der Waals surface area contributed by atoms with Gasteiger partial charge in [0.05, 0.1) is 0 Å². The molecule has 0 aliphatic carbocycles. The van der Waals surface area contributed by atoms with Crippen molar-refractivity contribution in [3.05, 3.63) is 35.4 Å². The first-order chi connectivity index (χ1) is 8.63. The maximum Gasteiger partial charge on any atom is 0.222 e. The van der Waals surface area contributed by atoms with E-state index in [2.05, 4.69) is 30.4 Å². The van der Waals surface area contributed by atoms with Gasteiger partial charge in [-0.3, -0.25) is 4.79 Å². The molecule has 0 aromatic heterocycles. The van der Waals surface area contributed by atoms with Crippen LogP contribution in [0.4, 0.5) is 0 Å². The molecular weight excluding hydrogens is 224 g/mol. The fourth-order valence-corrected chi connectivity index (χ4v) is 1.93. The summed E-state index contributed by atoms with van der Waals surface area (Å²) in [5.74, 6) is 0.229. The van der Waals surface area contributed by atoms with Gasteiger partial charge in [0, 0.05) is 20.0 Å². The van der Waals surface area contributed by atoms with E-state index in [9.17, 15) is 4.79 Å².